The Balaban J connectivity index is 1.88. The number of hydrogen-bond acceptors (Lipinski definition) is 5. The number of fused-ring (bicyclic) bond motifs is 1. The molecule has 4 aromatic rings. The number of benzene rings is 2. The van der Waals surface area contributed by atoms with Crippen LogP contribution in [0.5, 0.6) is 0 Å². The van der Waals surface area contributed by atoms with Crippen LogP contribution in [0.15, 0.2) is 61.8 Å². The van der Waals surface area contributed by atoms with Gasteiger partial charge in [-0.25, -0.2) is 14.2 Å². The van der Waals surface area contributed by atoms with Crippen molar-refractivity contribution < 1.29 is 4.39 Å². The lowest BCUT2D eigenvalue weighted by molar-refractivity contribution is 0.630. The molecule has 1 aliphatic carbocycles. The summed E-state index contributed by atoms with van der Waals surface area (Å²) in [6.45, 7) is 3.36. The van der Waals surface area contributed by atoms with E-state index in [-0.39, 0.29) is 34.0 Å². The Morgan fingerprint density at radius 3 is 2.45 bits per heavy atom. The van der Waals surface area contributed by atoms with Crippen molar-refractivity contribution in [2.75, 3.05) is 19.4 Å². The second kappa shape index (κ2) is 9.44. The first-order valence-corrected chi connectivity index (χ1v) is 12.3. The summed E-state index contributed by atoms with van der Waals surface area (Å²) in [5.41, 5.74) is 0.880. The van der Waals surface area contributed by atoms with Gasteiger partial charge in [0, 0.05) is 32.7 Å². The van der Waals surface area contributed by atoms with Gasteiger partial charge in [-0.05, 0) is 62.6 Å². The predicted molar refractivity (Wildman–Crippen MR) is 148 cm³/mol. The molecular formula is C28H29FN6O3. The Morgan fingerprint density at radius 2 is 1.79 bits per heavy atom. The third kappa shape index (κ3) is 4.31. The average molecular weight is 517 g/mol. The maximum atomic E-state index is 14.8. The van der Waals surface area contributed by atoms with Crippen molar-refractivity contribution in [3.05, 3.63) is 90.6 Å². The fourth-order valence-electron chi connectivity index (χ4n) is 4.60. The number of aromatic nitrogens is 3. The Hall–Kier alpha value is -4.47. The molecular weight excluding hydrogens is 487 g/mol. The highest BCUT2D eigenvalue weighted by Gasteiger charge is 2.31. The van der Waals surface area contributed by atoms with Crippen molar-refractivity contribution >= 4 is 34.4 Å². The maximum Gasteiger partial charge on any atom is 0.336 e. The largest absolute Gasteiger partial charge is 0.369 e. The molecule has 2 heterocycles. The Morgan fingerprint density at radius 1 is 1.05 bits per heavy atom. The van der Waals surface area contributed by atoms with Crippen LogP contribution >= 0.6 is 0 Å². The molecule has 1 saturated carbocycles. The van der Waals surface area contributed by atoms with Crippen molar-refractivity contribution in [1.82, 2.24) is 18.6 Å². The molecule has 5 rings (SSSR count). The number of pyridine rings is 1. The molecule has 0 spiro atoms. The zero-order valence-electron chi connectivity index (χ0n) is 21.9. The monoisotopic (exact) mass is 516 g/mol. The number of rotatable bonds is 6. The van der Waals surface area contributed by atoms with Crippen LogP contribution in [0.4, 0.5) is 21.6 Å². The van der Waals surface area contributed by atoms with Gasteiger partial charge in [-0.1, -0.05) is 12.1 Å². The van der Waals surface area contributed by atoms with Gasteiger partial charge in [0.1, 0.15) is 17.0 Å². The SMILES string of the molecule is Cc1ccc(Nc2c3c(=O)n(C4CC4)c(=O)n(-c4cccc(N=CN(C)C)c4)c3c(C)c(=O)n2C)c(F)c1. The molecule has 38 heavy (non-hydrogen) atoms. The molecule has 1 N–H and O–H groups in total. The number of nitrogens with one attached hydrogen (secondary N) is 1. The van der Waals surface area contributed by atoms with E-state index in [0.717, 1.165) is 5.56 Å². The van der Waals surface area contributed by atoms with Crippen molar-refractivity contribution in [1.29, 1.82) is 0 Å². The van der Waals surface area contributed by atoms with Gasteiger partial charge in [-0.3, -0.25) is 23.3 Å². The molecule has 1 aliphatic rings. The van der Waals surface area contributed by atoms with Gasteiger partial charge in [-0.2, -0.15) is 0 Å². The van der Waals surface area contributed by atoms with Crippen LogP contribution in [-0.4, -0.2) is 39.0 Å². The van der Waals surface area contributed by atoms with Crippen LogP contribution in [0.3, 0.4) is 0 Å². The second-order valence-corrected chi connectivity index (χ2v) is 9.92. The van der Waals surface area contributed by atoms with Crippen LogP contribution in [0.25, 0.3) is 16.6 Å². The summed E-state index contributed by atoms with van der Waals surface area (Å²) < 4.78 is 18.8. The molecule has 2 aromatic heterocycles. The lowest BCUT2D eigenvalue weighted by Crippen LogP contribution is -2.41. The minimum Gasteiger partial charge on any atom is -0.369 e. The summed E-state index contributed by atoms with van der Waals surface area (Å²) in [4.78, 5) is 47.4. The molecule has 2 aromatic carbocycles. The highest BCUT2D eigenvalue weighted by Crippen LogP contribution is 2.34. The van der Waals surface area contributed by atoms with Crippen LogP contribution < -0.4 is 22.1 Å². The Bertz CT molecular complexity index is 1790. The van der Waals surface area contributed by atoms with Crippen molar-refractivity contribution in [2.45, 2.75) is 32.7 Å². The normalized spacial score (nSPS) is 13.4. The van der Waals surface area contributed by atoms with E-state index in [1.165, 1.54) is 26.8 Å². The first kappa shape index (κ1) is 25.2. The van der Waals surface area contributed by atoms with Crippen LogP contribution in [0.1, 0.15) is 30.0 Å². The van der Waals surface area contributed by atoms with Crippen molar-refractivity contribution in [3.63, 3.8) is 0 Å². The highest BCUT2D eigenvalue weighted by molar-refractivity contribution is 5.93. The molecule has 0 radical (unpaired) electrons. The third-order valence-electron chi connectivity index (χ3n) is 6.66. The van der Waals surface area contributed by atoms with Crippen molar-refractivity contribution in [2.24, 2.45) is 12.0 Å². The average Bonchev–Trinajstić information content (AvgIpc) is 3.70. The lowest BCUT2D eigenvalue weighted by atomic mass is 10.1. The van der Waals surface area contributed by atoms with Gasteiger partial charge in [0.15, 0.2) is 0 Å². The van der Waals surface area contributed by atoms with Gasteiger partial charge >= 0.3 is 5.69 Å². The summed E-state index contributed by atoms with van der Waals surface area (Å²) in [7, 11) is 5.22. The van der Waals surface area contributed by atoms with Crippen molar-refractivity contribution in [3.8, 4) is 5.69 Å². The van der Waals surface area contributed by atoms with E-state index in [1.54, 1.807) is 61.5 Å². The third-order valence-corrected chi connectivity index (χ3v) is 6.66. The number of halogens is 1. The molecule has 0 atom stereocenters. The summed E-state index contributed by atoms with van der Waals surface area (Å²) in [5, 5.41) is 3.12. The van der Waals surface area contributed by atoms with E-state index in [1.807, 2.05) is 14.1 Å². The quantitative estimate of drug-likeness (QED) is 0.310. The summed E-state index contributed by atoms with van der Waals surface area (Å²) in [6, 6.07) is 11.5. The lowest BCUT2D eigenvalue weighted by Gasteiger charge is -2.20. The number of aliphatic imine (C=N–C) groups is 1. The van der Waals surface area contributed by atoms with Gasteiger partial charge in [0.2, 0.25) is 0 Å². The predicted octanol–water partition coefficient (Wildman–Crippen LogP) is 3.91. The van der Waals surface area contributed by atoms with Crippen LogP contribution in [-0.2, 0) is 7.05 Å². The molecule has 9 nitrogen and oxygen atoms in total. The molecule has 196 valence electrons. The number of aryl methyl sites for hydroxylation is 2. The topological polar surface area (TPSA) is 93.6 Å². The highest BCUT2D eigenvalue weighted by atomic mass is 19.1. The van der Waals surface area contributed by atoms with E-state index in [0.29, 0.717) is 24.2 Å². The van der Waals surface area contributed by atoms with E-state index in [4.69, 9.17) is 0 Å². The number of hydrogen-bond donors (Lipinski definition) is 1. The first-order valence-electron chi connectivity index (χ1n) is 12.3. The van der Waals surface area contributed by atoms with Gasteiger partial charge in [0.25, 0.3) is 11.1 Å². The minimum absolute atomic E-state index is 0.117. The molecule has 0 bridgehead atoms. The smallest absolute Gasteiger partial charge is 0.336 e. The summed E-state index contributed by atoms with van der Waals surface area (Å²) >= 11 is 0. The summed E-state index contributed by atoms with van der Waals surface area (Å²) in [6.07, 6.45) is 3.05. The zero-order chi connectivity index (χ0) is 27.3. The van der Waals surface area contributed by atoms with E-state index < -0.39 is 22.6 Å². The Labute approximate surface area is 218 Å². The Kier molecular flexibility index (Phi) is 6.26. The van der Waals surface area contributed by atoms with E-state index in [2.05, 4.69) is 10.3 Å². The van der Waals surface area contributed by atoms with E-state index in [9.17, 15) is 18.8 Å². The fraction of sp³-hybridized carbons (Fsp3) is 0.286. The zero-order valence-corrected chi connectivity index (χ0v) is 21.9. The molecule has 0 aliphatic heterocycles. The molecule has 1 fully saturated rings. The number of anilines is 2. The van der Waals surface area contributed by atoms with Gasteiger partial charge in [0.05, 0.1) is 28.9 Å². The fourth-order valence-corrected chi connectivity index (χ4v) is 4.60. The minimum atomic E-state index is -0.525. The standard InChI is InChI=1S/C28H29FN6O3/c1-16-9-12-22(21(29)13-16)31-25-23-24(17(2)26(36)33(25)5)34(28(38)35(27(23)37)19-10-11-19)20-8-6-7-18(14-20)30-15-32(3)4/h6-9,12-15,19,31H,10-11H2,1-5H3. The number of nitrogens with zero attached hydrogens (tertiary/aromatic N) is 5. The van der Waals surface area contributed by atoms with E-state index >= 15 is 0 Å². The molecule has 0 unspecified atom stereocenters. The summed E-state index contributed by atoms with van der Waals surface area (Å²) in [5.74, 6) is -0.401. The van der Waals surface area contributed by atoms with Crippen LogP contribution in [0.2, 0.25) is 0 Å². The second-order valence-electron chi connectivity index (χ2n) is 9.92. The van der Waals surface area contributed by atoms with Gasteiger partial charge in [-0.15, -0.1) is 0 Å². The molecule has 10 heteroatoms. The molecule has 0 amide bonds. The van der Waals surface area contributed by atoms with Crippen LogP contribution in [0, 0.1) is 19.7 Å². The first-order chi connectivity index (χ1) is 18.1. The van der Waals surface area contributed by atoms with Gasteiger partial charge < -0.3 is 10.2 Å². The molecule has 0 saturated heterocycles. The maximum absolute atomic E-state index is 14.8.